The number of phosphoric ester groups is 1. The third-order valence-electron chi connectivity index (χ3n) is 9.26. The molecule has 0 aromatic carbocycles. The third kappa shape index (κ3) is 41.6. The number of carbonyl (C=O) groups excluding carboxylic acids is 1. The summed E-state index contributed by atoms with van der Waals surface area (Å²) in [5.41, 5.74) is 5.37. The maximum absolute atomic E-state index is 12.6. The molecule has 316 valence electrons. The quantitative estimate of drug-likeness (QED) is 0.0272. The molecule has 0 aromatic rings. The number of ether oxygens (including phenoxy) is 2. The van der Waals surface area contributed by atoms with E-state index < -0.39 is 13.9 Å². The third-order valence-corrected chi connectivity index (χ3v) is 10.2. The second-order valence-electron chi connectivity index (χ2n) is 14.5. The highest BCUT2D eigenvalue weighted by atomic mass is 31.2. The van der Waals surface area contributed by atoms with Crippen molar-refractivity contribution in [2.45, 2.75) is 200 Å². The molecule has 0 aromatic heterocycles. The van der Waals surface area contributed by atoms with Gasteiger partial charge in [0.2, 0.25) is 0 Å². The van der Waals surface area contributed by atoms with Crippen LogP contribution in [-0.4, -0.2) is 49.9 Å². The molecule has 2 atom stereocenters. The Kier molecular flexibility index (Phi) is 41.4. The van der Waals surface area contributed by atoms with E-state index in [1.807, 2.05) is 0 Å². The largest absolute Gasteiger partial charge is 0.472 e. The predicted molar refractivity (Wildman–Crippen MR) is 229 cm³/mol. The highest BCUT2D eigenvalue weighted by Crippen LogP contribution is 2.43. The number of esters is 1. The van der Waals surface area contributed by atoms with E-state index in [1.165, 1.54) is 103 Å². The van der Waals surface area contributed by atoms with Gasteiger partial charge < -0.3 is 20.1 Å². The number of hydrogen-bond donors (Lipinski definition) is 2. The summed E-state index contributed by atoms with van der Waals surface area (Å²) in [4.78, 5) is 22.5. The van der Waals surface area contributed by atoms with Gasteiger partial charge in [0.25, 0.3) is 0 Å². The van der Waals surface area contributed by atoms with E-state index in [2.05, 4.69) is 62.5 Å². The molecule has 0 saturated carbocycles. The SMILES string of the molecule is CC/C=C\C/C=C\C/C=C\C/C=C\CCCCCCCCC(=O)OC(COCCCCCCCCCCCCCCCCCC)COP(=O)(O)OCCN. The van der Waals surface area contributed by atoms with Gasteiger partial charge in [0.1, 0.15) is 6.10 Å². The van der Waals surface area contributed by atoms with Gasteiger partial charge in [-0.3, -0.25) is 13.8 Å². The van der Waals surface area contributed by atoms with Gasteiger partial charge in [0.15, 0.2) is 0 Å². The van der Waals surface area contributed by atoms with Crippen LogP contribution in [0.1, 0.15) is 194 Å². The molecular weight excluding hydrogens is 697 g/mol. The summed E-state index contributed by atoms with van der Waals surface area (Å²) >= 11 is 0. The summed E-state index contributed by atoms with van der Waals surface area (Å²) < 4.78 is 33.4. The van der Waals surface area contributed by atoms with Crippen molar-refractivity contribution >= 4 is 13.8 Å². The van der Waals surface area contributed by atoms with Gasteiger partial charge in [0.05, 0.1) is 19.8 Å². The van der Waals surface area contributed by atoms with E-state index in [0.29, 0.717) is 13.0 Å². The topological polar surface area (TPSA) is 117 Å². The van der Waals surface area contributed by atoms with Crippen LogP contribution in [0.25, 0.3) is 0 Å². The van der Waals surface area contributed by atoms with E-state index in [9.17, 15) is 14.3 Å². The fourth-order valence-corrected chi connectivity index (χ4v) is 6.81. The van der Waals surface area contributed by atoms with Gasteiger partial charge in [-0.2, -0.15) is 0 Å². The zero-order chi connectivity index (χ0) is 39.5. The van der Waals surface area contributed by atoms with Gasteiger partial charge in [-0.25, -0.2) is 4.57 Å². The van der Waals surface area contributed by atoms with Crippen LogP contribution in [-0.2, 0) is 27.9 Å². The van der Waals surface area contributed by atoms with Crippen molar-refractivity contribution in [3.05, 3.63) is 48.6 Å². The Morgan fingerprint density at radius 1 is 0.574 bits per heavy atom. The molecule has 2 unspecified atom stereocenters. The fraction of sp³-hybridized carbons (Fsp3) is 0.800. The van der Waals surface area contributed by atoms with Crippen molar-refractivity contribution in [3.8, 4) is 0 Å². The Morgan fingerprint density at radius 3 is 1.56 bits per heavy atom. The Balaban J connectivity index is 4.04. The van der Waals surface area contributed by atoms with Gasteiger partial charge >= 0.3 is 13.8 Å². The van der Waals surface area contributed by atoms with E-state index in [0.717, 1.165) is 70.6 Å². The molecule has 0 bridgehead atoms. The normalized spacial score (nSPS) is 13.9. The highest BCUT2D eigenvalue weighted by Gasteiger charge is 2.25. The minimum absolute atomic E-state index is 0.0973. The molecule has 54 heavy (non-hydrogen) atoms. The maximum atomic E-state index is 12.6. The van der Waals surface area contributed by atoms with Crippen LogP contribution in [0.4, 0.5) is 0 Å². The molecule has 0 radical (unpaired) electrons. The average molecular weight is 782 g/mol. The first-order valence-electron chi connectivity index (χ1n) is 22.1. The van der Waals surface area contributed by atoms with Crippen molar-refractivity contribution in [2.24, 2.45) is 5.73 Å². The Labute approximate surface area is 332 Å². The van der Waals surface area contributed by atoms with Crippen molar-refractivity contribution in [2.75, 3.05) is 33.0 Å². The lowest BCUT2D eigenvalue weighted by atomic mass is 10.0. The van der Waals surface area contributed by atoms with Crippen LogP contribution in [0.15, 0.2) is 48.6 Å². The lowest BCUT2D eigenvalue weighted by Crippen LogP contribution is -2.28. The van der Waals surface area contributed by atoms with E-state index >= 15 is 0 Å². The summed E-state index contributed by atoms with van der Waals surface area (Å²) in [7, 11) is -4.28. The van der Waals surface area contributed by atoms with Gasteiger partial charge in [-0.1, -0.05) is 184 Å². The smallest absolute Gasteiger partial charge is 0.457 e. The highest BCUT2D eigenvalue weighted by molar-refractivity contribution is 7.47. The first kappa shape index (κ1) is 52.5. The lowest BCUT2D eigenvalue weighted by molar-refractivity contribution is -0.154. The summed E-state index contributed by atoms with van der Waals surface area (Å²) in [6.07, 6.45) is 49.8. The Morgan fingerprint density at radius 2 is 1.04 bits per heavy atom. The minimum atomic E-state index is -4.28. The Hall–Kier alpha value is -1.54. The molecule has 0 aliphatic heterocycles. The second-order valence-corrected chi connectivity index (χ2v) is 16.0. The molecule has 0 aliphatic rings. The first-order chi connectivity index (χ1) is 26.4. The molecule has 8 nitrogen and oxygen atoms in total. The molecule has 3 N–H and O–H groups in total. The molecular formula is C45H84NO7P. The lowest BCUT2D eigenvalue weighted by Gasteiger charge is -2.20. The van der Waals surface area contributed by atoms with Crippen LogP contribution < -0.4 is 5.73 Å². The number of unbranched alkanes of at least 4 members (excludes halogenated alkanes) is 21. The van der Waals surface area contributed by atoms with Crippen LogP contribution in [0, 0.1) is 0 Å². The Bertz CT molecular complexity index is 968. The standard InChI is InChI=1S/C45H84NO7P/c1-3-5-7-9-11-13-15-17-19-21-22-23-24-26-28-30-32-34-36-38-45(47)53-44(43-52-54(48,49)51-41-39-46)42-50-40-37-35-33-31-29-27-25-20-18-16-14-12-10-8-6-4-2/h5,7,11,13,17,19,22-23,44H,3-4,6,8-10,12,14-16,18,20-21,24-43,46H2,1-2H3,(H,48,49)/b7-5-,13-11-,19-17-,23-22-. The average Bonchev–Trinajstić information content (AvgIpc) is 3.16. The molecule has 0 heterocycles. The van der Waals surface area contributed by atoms with Crippen molar-refractivity contribution in [1.29, 1.82) is 0 Å². The minimum Gasteiger partial charge on any atom is -0.457 e. The van der Waals surface area contributed by atoms with E-state index in [1.54, 1.807) is 0 Å². The molecule has 0 spiro atoms. The van der Waals surface area contributed by atoms with Crippen LogP contribution in [0.5, 0.6) is 0 Å². The number of phosphoric acid groups is 1. The van der Waals surface area contributed by atoms with Gasteiger partial charge in [-0.05, 0) is 51.4 Å². The monoisotopic (exact) mass is 782 g/mol. The fourth-order valence-electron chi connectivity index (χ4n) is 6.05. The van der Waals surface area contributed by atoms with E-state index in [-0.39, 0.29) is 32.3 Å². The number of nitrogens with two attached hydrogens (primary N) is 1. The number of hydrogen-bond acceptors (Lipinski definition) is 7. The summed E-state index contributed by atoms with van der Waals surface area (Å²) in [5, 5.41) is 0. The van der Waals surface area contributed by atoms with Crippen LogP contribution in [0.3, 0.4) is 0 Å². The molecule has 0 rings (SSSR count). The maximum Gasteiger partial charge on any atom is 0.472 e. The van der Waals surface area contributed by atoms with Crippen LogP contribution in [0.2, 0.25) is 0 Å². The molecule has 0 fully saturated rings. The number of carbonyl (C=O) groups is 1. The number of rotatable bonds is 42. The van der Waals surface area contributed by atoms with Crippen molar-refractivity contribution in [3.63, 3.8) is 0 Å². The molecule has 0 amide bonds. The summed E-state index contributed by atoms with van der Waals surface area (Å²) in [5.74, 6) is -0.343. The number of allylic oxidation sites excluding steroid dienone is 8. The predicted octanol–water partition coefficient (Wildman–Crippen LogP) is 13.2. The molecule has 0 saturated heterocycles. The zero-order valence-electron chi connectivity index (χ0n) is 35.0. The van der Waals surface area contributed by atoms with Crippen LogP contribution >= 0.6 is 7.82 Å². The second kappa shape index (κ2) is 42.6. The van der Waals surface area contributed by atoms with E-state index in [4.69, 9.17) is 24.3 Å². The van der Waals surface area contributed by atoms with Gasteiger partial charge in [0, 0.05) is 19.6 Å². The first-order valence-corrected chi connectivity index (χ1v) is 23.6. The zero-order valence-corrected chi connectivity index (χ0v) is 35.8. The van der Waals surface area contributed by atoms with Crippen molar-refractivity contribution in [1.82, 2.24) is 0 Å². The van der Waals surface area contributed by atoms with Crippen molar-refractivity contribution < 1.29 is 32.8 Å². The summed E-state index contributed by atoms with van der Waals surface area (Å²) in [6, 6.07) is 0. The molecule has 0 aliphatic carbocycles. The summed E-state index contributed by atoms with van der Waals surface area (Å²) in [6.45, 7) is 4.81. The van der Waals surface area contributed by atoms with Gasteiger partial charge in [-0.15, -0.1) is 0 Å². The molecule has 9 heteroatoms.